The summed E-state index contributed by atoms with van der Waals surface area (Å²) in [6.45, 7) is 6.19. The van der Waals surface area contributed by atoms with Crippen LogP contribution < -0.4 is 0 Å². The molecule has 0 unspecified atom stereocenters. The smallest absolute Gasteiger partial charge is 0.256 e. The number of rotatable bonds is 4. The molecule has 1 aliphatic rings. The third-order valence-corrected chi connectivity index (χ3v) is 6.55. The lowest BCUT2D eigenvalue weighted by atomic mass is 9.90. The molecule has 7 nitrogen and oxygen atoms in total. The number of hydrogen-bond donors (Lipinski definition) is 1. The van der Waals surface area contributed by atoms with E-state index in [4.69, 9.17) is 0 Å². The number of carbonyl (C=O) groups is 1. The SMILES string of the molecule is C[C@@H]1CC[C@@H](c2csc(C(C)(C)O)n2)CN1C(=O)c1ccccc1-n1nccn1. The van der Waals surface area contributed by atoms with Crippen molar-refractivity contribution in [1.82, 2.24) is 24.9 Å². The summed E-state index contributed by atoms with van der Waals surface area (Å²) >= 11 is 1.47. The zero-order valence-corrected chi connectivity index (χ0v) is 17.6. The molecule has 0 bridgehead atoms. The first-order valence-electron chi connectivity index (χ1n) is 9.79. The lowest BCUT2D eigenvalue weighted by molar-refractivity contribution is 0.0604. The number of para-hydroxylation sites is 1. The van der Waals surface area contributed by atoms with Crippen molar-refractivity contribution in [3.05, 3.63) is 58.3 Å². The number of aliphatic hydroxyl groups is 1. The summed E-state index contributed by atoms with van der Waals surface area (Å²) in [5, 5.41) is 21.3. The maximum Gasteiger partial charge on any atom is 0.256 e. The summed E-state index contributed by atoms with van der Waals surface area (Å²) in [7, 11) is 0. The van der Waals surface area contributed by atoms with E-state index in [9.17, 15) is 9.90 Å². The number of benzene rings is 1. The van der Waals surface area contributed by atoms with Gasteiger partial charge in [0, 0.05) is 23.9 Å². The van der Waals surface area contributed by atoms with Crippen LogP contribution in [-0.2, 0) is 5.60 Å². The molecule has 0 aliphatic carbocycles. The molecule has 1 aromatic carbocycles. The summed E-state index contributed by atoms with van der Waals surface area (Å²) < 4.78 is 0. The van der Waals surface area contributed by atoms with Gasteiger partial charge in [0.1, 0.15) is 10.6 Å². The van der Waals surface area contributed by atoms with Crippen molar-refractivity contribution in [2.24, 2.45) is 0 Å². The normalized spacial score (nSPS) is 20.1. The Kier molecular flexibility index (Phi) is 5.23. The van der Waals surface area contributed by atoms with Gasteiger partial charge in [-0.1, -0.05) is 12.1 Å². The predicted octanol–water partition coefficient (Wildman–Crippen LogP) is 3.36. The molecule has 29 heavy (non-hydrogen) atoms. The van der Waals surface area contributed by atoms with E-state index >= 15 is 0 Å². The molecule has 1 saturated heterocycles. The Morgan fingerprint density at radius 1 is 1.21 bits per heavy atom. The molecule has 3 aromatic rings. The van der Waals surface area contributed by atoms with Crippen LogP contribution in [0.4, 0.5) is 0 Å². The van der Waals surface area contributed by atoms with Crippen LogP contribution in [0, 0.1) is 0 Å². The van der Waals surface area contributed by atoms with Crippen molar-refractivity contribution < 1.29 is 9.90 Å². The Morgan fingerprint density at radius 3 is 2.62 bits per heavy atom. The summed E-state index contributed by atoms with van der Waals surface area (Å²) in [5.41, 5.74) is 1.27. The second kappa shape index (κ2) is 7.68. The molecular weight excluding hydrogens is 386 g/mol. The minimum absolute atomic E-state index is 0.0203. The molecular formula is C21H25N5O2S. The number of likely N-dealkylation sites (tertiary alicyclic amines) is 1. The Balaban J connectivity index is 1.60. The number of nitrogens with zero attached hydrogens (tertiary/aromatic N) is 5. The maximum atomic E-state index is 13.5. The highest BCUT2D eigenvalue weighted by atomic mass is 32.1. The van der Waals surface area contributed by atoms with Gasteiger partial charge in [-0.2, -0.15) is 15.0 Å². The number of piperidine rings is 1. The second-order valence-electron chi connectivity index (χ2n) is 8.05. The number of hydrogen-bond acceptors (Lipinski definition) is 6. The summed E-state index contributed by atoms with van der Waals surface area (Å²) in [6, 6.07) is 7.57. The van der Waals surface area contributed by atoms with E-state index in [0.717, 1.165) is 18.5 Å². The zero-order chi connectivity index (χ0) is 20.6. The van der Waals surface area contributed by atoms with Gasteiger partial charge < -0.3 is 10.0 Å². The van der Waals surface area contributed by atoms with Gasteiger partial charge in [0.25, 0.3) is 5.91 Å². The fraction of sp³-hybridized carbons (Fsp3) is 0.429. The van der Waals surface area contributed by atoms with Crippen molar-refractivity contribution in [3.8, 4) is 5.69 Å². The van der Waals surface area contributed by atoms with E-state index in [1.165, 1.54) is 16.1 Å². The van der Waals surface area contributed by atoms with Gasteiger partial charge in [-0.25, -0.2) is 4.98 Å². The van der Waals surface area contributed by atoms with Crippen LogP contribution >= 0.6 is 11.3 Å². The molecule has 0 radical (unpaired) electrons. The molecule has 0 saturated carbocycles. The standard InChI is InChI=1S/C21H25N5O2S/c1-14-8-9-15(17-13-29-20(24-17)21(2,3)28)12-25(14)19(27)16-6-4-5-7-18(16)26-22-10-11-23-26/h4-7,10-11,13-15,28H,8-9,12H2,1-3H3/t14-,15-/m1/s1. The molecule has 1 amide bonds. The Morgan fingerprint density at radius 2 is 1.93 bits per heavy atom. The first-order chi connectivity index (χ1) is 13.8. The highest BCUT2D eigenvalue weighted by molar-refractivity contribution is 7.09. The predicted molar refractivity (Wildman–Crippen MR) is 111 cm³/mol. The van der Waals surface area contributed by atoms with E-state index in [2.05, 4.69) is 22.1 Å². The largest absolute Gasteiger partial charge is 0.383 e. The Bertz CT molecular complexity index is 993. The van der Waals surface area contributed by atoms with E-state index in [0.29, 0.717) is 22.8 Å². The first kappa shape index (κ1) is 19.7. The van der Waals surface area contributed by atoms with Gasteiger partial charge in [-0.05, 0) is 45.7 Å². The van der Waals surface area contributed by atoms with Crippen molar-refractivity contribution in [3.63, 3.8) is 0 Å². The number of amides is 1. The van der Waals surface area contributed by atoms with Crippen molar-refractivity contribution in [2.75, 3.05) is 6.54 Å². The van der Waals surface area contributed by atoms with E-state index in [1.807, 2.05) is 34.5 Å². The van der Waals surface area contributed by atoms with Crippen LogP contribution in [0.1, 0.15) is 60.6 Å². The number of aromatic nitrogens is 4. The van der Waals surface area contributed by atoms with Crippen LogP contribution in [0.3, 0.4) is 0 Å². The monoisotopic (exact) mass is 411 g/mol. The summed E-state index contributed by atoms with van der Waals surface area (Å²) in [5.74, 6) is 0.144. The second-order valence-corrected chi connectivity index (χ2v) is 8.91. The van der Waals surface area contributed by atoms with E-state index in [1.54, 1.807) is 26.2 Å². The lowest BCUT2D eigenvalue weighted by Gasteiger charge is -2.38. The van der Waals surface area contributed by atoms with Crippen molar-refractivity contribution in [2.45, 2.75) is 51.2 Å². The van der Waals surface area contributed by atoms with Crippen LogP contribution in [0.5, 0.6) is 0 Å². The van der Waals surface area contributed by atoms with Crippen LogP contribution in [0.2, 0.25) is 0 Å². The summed E-state index contributed by atoms with van der Waals surface area (Å²) in [6.07, 6.45) is 5.09. The van der Waals surface area contributed by atoms with Crippen molar-refractivity contribution >= 4 is 17.2 Å². The summed E-state index contributed by atoms with van der Waals surface area (Å²) in [4.78, 5) is 21.5. The topological polar surface area (TPSA) is 84.1 Å². The lowest BCUT2D eigenvalue weighted by Crippen LogP contribution is -2.45. The highest BCUT2D eigenvalue weighted by Gasteiger charge is 2.33. The Labute approximate surface area is 174 Å². The third kappa shape index (κ3) is 3.95. The van der Waals surface area contributed by atoms with Gasteiger partial charge in [0.2, 0.25) is 0 Å². The molecule has 1 aliphatic heterocycles. The molecule has 1 N–H and O–H groups in total. The zero-order valence-electron chi connectivity index (χ0n) is 16.8. The van der Waals surface area contributed by atoms with E-state index < -0.39 is 5.60 Å². The van der Waals surface area contributed by atoms with Gasteiger partial charge in [-0.3, -0.25) is 4.79 Å². The maximum absolute atomic E-state index is 13.5. The van der Waals surface area contributed by atoms with Crippen LogP contribution in [0.15, 0.2) is 42.0 Å². The molecule has 2 aromatic heterocycles. The molecule has 2 atom stereocenters. The van der Waals surface area contributed by atoms with Gasteiger partial charge in [0.15, 0.2) is 0 Å². The molecule has 3 heterocycles. The average molecular weight is 412 g/mol. The Hall–Kier alpha value is -2.58. The van der Waals surface area contributed by atoms with Crippen LogP contribution in [-0.4, -0.2) is 48.5 Å². The first-order valence-corrected chi connectivity index (χ1v) is 10.7. The van der Waals surface area contributed by atoms with Crippen LogP contribution in [0.25, 0.3) is 5.69 Å². The minimum atomic E-state index is -0.948. The quantitative estimate of drug-likeness (QED) is 0.712. The molecule has 152 valence electrons. The third-order valence-electron chi connectivity index (χ3n) is 5.38. The number of thiazole rings is 1. The molecule has 8 heteroatoms. The highest BCUT2D eigenvalue weighted by Crippen LogP contribution is 2.34. The average Bonchev–Trinajstić information content (AvgIpc) is 3.40. The van der Waals surface area contributed by atoms with Crippen molar-refractivity contribution in [1.29, 1.82) is 0 Å². The fourth-order valence-corrected chi connectivity index (χ4v) is 4.63. The molecule has 4 rings (SSSR count). The number of carbonyl (C=O) groups excluding carboxylic acids is 1. The minimum Gasteiger partial charge on any atom is -0.383 e. The van der Waals surface area contributed by atoms with E-state index in [-0.39, 0.29) is 17.9 Å². The fourth-order valence-electron chi connectivity index (χ4n) is 3.71. The molecule has 0 spiro atoms. The molecule has 1 fully saturated rings. The van der Waals surface area contributed by atoms with Gasteiger partial charge in [0.05, 0.1) is 29.3 Å². The van der Waals surface area contributed by atoms with Gasteiger partial charge in [-0.15, -0.1) is 11.3 Å². The van der Waals surface area contributed by atoms with Gasteiger partial charge >= 0.3 is 0 Å².